The number of benzene rings is 1. The molecule has 1 aromatic carbocycles. The average molecular weight is 356 g/mol. The molecule has 1 heterocycles. The number of hydrogen-bond donors (Lipinski definition) is 2. The molecule has 1 aromatic heterocycles. The number of hydrogen-bond acceptors (Lipinski definition) is 4. The molecule has 2 aromatic rings. The highest BCUT2D eigenvalue weighted by molar-refractivity contribution is 9.10. The molecular weight excluding hydrogens is 342 g/mol. The molecule has 0 amide bonds. The molecule has 0 atom stereocenters. The number of rotatable bonds is 5. The van der Waals surface area contributed by atoms with Crippen LogP contribution in [0.4, 0.5) is 5.69 Å². The standard InChI is InChI=1S/C13H14BrN3O2S/c14-12-5-4-10(15)9-13(12)20(18,19)17-8-6-11-3-1-2-7-16-11/h1-5,7,9,17H,6,8,15H2. The Labute approximate surface area is 126 Å². The van der Waals surface area contributed by atoms with E-state index in [1.54, 1.807) is 18.3 Å². The SMILES string of the molecule is Nc1ccc(Br)c(S(=O)(=O)NCCc2ccccn2)c1. The topological polar surface area (TPSA) is 85.1 Å². The predicted molar refractivity (Wildman–Crippen MR) is 81.7 cm³/mol. The molecule has 0 bridgehead atoms. The summed E-state index contributed by atoms with van der Waals surface area (Å²) in [5.74, 6) is 0. The van der Waals surface area contributed by atoms with Gasteiger partial charge in [-0.05, 0) is 46.3 Å². The van der Waals surface area contributed by atoms with Crippen LogP contribution < -0.4 is 10.5 Å². The maximum absolute atomic E-state index is 12.2. The molecular formula is C13H14BrN3O2S. The predicted octanol–water partition coefficient (Wildman–Crippen LogP) is 1.95. The van der Waals surface area contributed by atoms with Gasteiger partial charge in [0.05, 0.1) is 4.90 Å². The molecule has 0 fully saturated rings. The van der Waals surface area contributed by atoms with E-state index in [4.69, 9.17) is 5.73 Å². The van der Waals surface area contributed by atoms with E-state index in [-0.39, 0.29) is 11.4 Å². The molecule has 106 valence electrons. The van der Waals surface area contributed by atoms with E-state index in [1.165, 1.54) is 6.07 Å². The third kappa shape index (κ3) is 3.78. The second-order valence-electron chi connectivity index (χ2n) is 4.16. The van der Waals surface area contributed by atoms with Crippen LogP contribution in [0.5, 0.6) is 0 Å². The summed E-state index contributed by atoms with van der Waals surface area (Å²) >= 11 is 3.22. The van der Waals surface area contributed by atoms with E-state index < -0.39 is 10.0 Å². The summed E-state index contributed by atoms with van der Waals surface area (Å²) in [6, 6.07) is 10.2. The first kappa shape index (κ1) is 15.0. The zero-order valence-electron chi connectivity index (χ0n) is 10.6. The van der Waals surface area contributed by atoms with Crippen molar-refractivity contribution in [2.75, 3.05) is 12.3 Å². The highest BCUT2D eigenvalue weighted by atomic mass is 79.9. The lowest BCUT2D eigenvalue weighted by atomic mass is 10.3. The van der Waals surface area contributed by atoms with Crippen molar-refractivity contribution >= 4 is 31.6 Å². The van der Waals surface area contributed by atoms with E-state index in [0.29, 0.717) is 16.6 Å². The van der Waals surface area contributed by atoms with Crippen molar-refractivity contribution in [3.63, 3.8) is 0 Å². The Kier molecular flexibility index (Phi) is 4.74. The van der Waals surface area contributed by atoms with Crippen LogP contribution >= 0.6 is 15.9 Å². The number of halogens is 1. The van der Waals surface area contributed by atoms with Crippen LogP contribution in [-0.2, 0) is 16.4 Å². The van der Waals surface area contributed by atoms with Crippen LogP contribution in [0.2, 0.25) is 0 Å². The zero-order valence-corrected chi connectivity index (χ0v) is 13.0. The third-order valence-corrected chi connectivity index (χ3v) is 5.10. The number of aromatic nitrogens is 1. The quantitative estimate of drug-likeness (QED) is 0.802. The minimum Gasteiger partial charge on any atom is -0.399 e. The van der Waals surface area contributed by atoms with Gasteiger partial charge in [-0.1, -0.05) is 6.07 Å². The molecule has 0 saturated heterocycles. The van der Waals surface area contributed by atoms with Gasteiger partial charge in [0.1, 0.15) is 0 Å². The van der Waals surface area contributed by atoms with E-state index in [0.717, 1.165) is 5.69 Å². The number of anilines is 1. The van der Waals surface area contributed by atoms with Gasteiger partial charge < -0.3 is 5.73 Å². The number of nitrogens with zero attached hydrogens (tertiary/aromatic N) is 1. The first-order chi connectivity index (χ1) is 9.49. The van der Waals surface area contributed by atoms with E-state index in [1.807, 2.05) is 18.2 Å². The summed E-state index contributed by atoms with van der Waals surface area (Å²) in [7, 11) is -3.59. The number of sulfonamides is 1. The molecule has 0 radical (unpaired) electrons. The Morgan fingerprint density at radius 3 is 2.75 bits per heavy atom. The second-order valence-corrected chi connectivity index (χ2v) is 6.75. The summed E-state index contributed by atoms with van der Waals surface area (Å²) in [5, 5.41) is 0. The van der Waals surface area contributed by atoms with Crippen molar-refractivity contribution < 1.29 is 8.42 Å². The second kappa shape index (κ2) is 6.34. The fourth-order valence-corrected chi connectivity index (χ4v) is 3.69. The molecule has 0 unspecified atom stereocenters. The van der Waals surface area contributed by atoms with E-state index in [2.05, 4.69) is 25.6 Å². The van der Waals surface area contributed by atoms with Gasteiger partial charge in [0.15, 0.2) is 0 Å². The average Bonchev–Trinajstić information content (AvgIpc) is 2.42. The van der Waals surface area contributed by atoms with Crippen LogP contribution in [0.25, 0.3) is 0 Å². The third-order valence-electron chi connectivity index (χ3n) is 2.64. The minimum absolute atomic E-state index is 0.138. The largest absolute Gasteiger partial charge is 0.399 e. The Bertz CT molecular complexity index is 690. The van der Waals surface area contributed by atoms with Crippen molar-refractivity contribution in [3.05, 3.63) is 52.8 Å². The summed E-state index contributed by atoms with van der Waals surface area (Å²) in [4.78, 5) is 4.28. The number of pyridine rings is 1. The fourth-order valence-electron chi connectivity index (χ4n) is 1.66. The Morgan fingerprint density at radius 2 is 2.05 bits per heavy atom. The molecule has 0 aliphatic heterocycles. The fraction of sp³-hybridized carbons (Fsp3) is 0.154. The molecule has 0 aliphatic carbocycles. The Balaban J connectivity index is 2.06. The summed E-state index contributed by atoms with van der Waals surface area (Å²) in [6.45, 7) is 0.278. The van der Waals surface area contributed by atoms with Gasteiger partial charge in [-0.3, -0.25) is 4.98 Å². The zero-order chi connectivity index (χ0) is 14.6. The first-order valence-electron chi connectivity index (χ1n) is 5.93. The monoisotopic (exact) mass is 355 g/mol. The number of nitrogens with two attached hydrogens (primary N) is 1. The number of nitrogens with one attached hydrogen (secondary N) is 1. The molecule has 0 spiro atoms. The summed E-state index contributed by atoms with van der Waals surface area (Å²) in [5.41, 5.74) is 6.86. The summed E-state index contributed by atoms with van der Waals surface area (Å²) in [6.07, 6.45) is 2.21. The maximum Gasteiger partial charge on any atom is 0.241 e. The van der Waals surface area contributed by atoms with Gasteiger partial charge in [-0.25, -0.2) is 13.1 Å². The summed E-state index contributed by atoms with van der Waals surface area (Å²) < 4.78 is 27.4. The van der Waals surface area contributed by atoms with Crippen molar-refractivity contribution in [1.82, 2.24) is 9.71 Å². The molecule has 20 heavy (non-hydrogen) atoms. The minimum atomic E-state index is -3.59. The van der Waals surface area contributed by atoms with Gasteiger partial charge in [0, 0.05) is 35.0 Å². The van der Waals surface area contributed by atoms with Crippen molar-refractivity contribution in [2.45, 2.75) is 11.3 Å². The Hall–Kier alpha value is -1.44. The molecule has 0 saturated carbocycles. The molecule has 2 rings (SSSR count). The lowest BCUT2D eigenvalue weighted by Crippen LogP contribution is -2.26. The van der Waals surface area contributed by atoms with Crippen LogP contribution in [0.15, 0.2) is 52.0 Å². The molecule has 3 N–H and O–H groups in total. The smallest absolute Gasteiger partial charge is 0.241 e. The van der Waals surface area contributed by atoms with Crippen LogP contribution in [0.1, 0.15) is 5.69 Å². The molecule has 5 nitrogen and oxygen atoms in total. The highest BCUT2D eigenvalue weighted by Gasteiger charge is 2.17. The lowest BCUT2D eigenvalue weighted by Gasteiger charge is -2.09. The van der Waals surface area contributed by atoms with Crippen molar-refractivity contribution in [3.8, 4) is 0 Å². The van der Waals surface area contributed by atoms with Crippen LogP contribution in [0, 0.1) is 0 Å². The number of nitrogen functional groups attached to an aromatic ring is 1. The van der Waals surface area contributed by atoms with Gasteiger partial charge in [0.25, 0.3) is 0 Å². The normalized spacial score (nSPS) is 11.4. The molecule has 7 heteroatoms. The van der Waals surface area contributed by atoms with Crippen molar-refractivity contribution in [2.24, 2.45) is 0 Å². The van der Waals surface area contributed by atoms with Gasteiger partial charge in [-0.15, -0.1) is 0 Å². The lowest BCUT2D eigenvalue weighted by molar-refractivity contribution is 0.581. The molecule has 0 aliphatic rings. The van der Waals surface area contributed by atoms with Crippen molar-refractivity contribution in [1.29, 1.82) is 0 Å². The maximum atomic E-state index is 12.2. The first-order valence-corrected chi connectivity index (χ1v) is 8.21. The highest BCUT2D eigenvalue weighted by Crippen LogP contribution is 2.23. The van der Waals surface area contributed by atoms with Gasteiger partial charge in [0.2, 0.25) is 10.0 Å². The van der Waals surface area contributed by atoms with E-state index in [9.17, 15) is 8.42 Å². The van der Waals surface area contributed by atoms with E-state index >= 15 is 0 Å². The van der Waals surface area contributed by atoms with Gasteiger partial charge in [-0.2, -0.15) is 0 Å². The van der Waals surface area contributed by atoms with Gasteiger partial charge >= 0.3 is 0 Å². The van der Waals surface area contributed by atoms with Crippen LogP contribution in [-0.4, -0.2) is 19.9 Å². The van der Waals surface area contributed by atoms with Crippen LogP contribution in [0.3, 0.4) is 0 Å². The Morgan fingerprint density at radius 1 is 1.25 bits per heavy atom.